The summed E-state index contributed by atoms with van der Waals surface area (Å²) >= 11 is 11.7. The molecule has 1 aromatic rings. The number of anilines is 1. The van der Waals surface area contributed by atoms with E-state index in [1.807, 2.05) is 4.90 Å². The third-order valence-corrected chi connectivity index (χ3v) is 3.13. The Kier molecular flexibility index (Phi) is 4.66. The van der Waals surface area contributed by atoms with Gasteiger partial charge in [-0.25, -0.2) is 14.8 Å². The van der Waals surface area contributed by atoms with Crippen molar-refractivity contribution in [3.8, 4) is 0 Å². The summed E-state index contributed by atoms with van der Waals surface area (Å²) in [7, 11) is 0. The molecule has 0 unspecified atom stereocenters. The molecule has 0 atom stereocenters. The molecule has 0 aromatic carbocycles. The predicted molar refractivity (Wildman–Crippen MR) is 72.9 cm³/mol. The second kappa shape index (κ2) is 6.25. The van der Waals surface area contributed by atoms with Gasteiger partial charge < -0.3 is 14.5 Å². The molecule has 1 aromatic heterocycles. The van der Waals surface area contributed by atoms with Gasteiger partial charge in [0.25, 0.3) is 0 Å². The second-order valence-electron chi connectivity index (χ2n) is 3.99. The molecule has 1 aliphatic heterocycles. The van der Waals surface area contributed by atoms with Gasteiger partial charge in [-0.3, -0.25) is 0 Å². The van der Waals surface area contributed by atoms with Crippen LogP contribution in [0.1, 0.15) is 6.92 Å². The van der Waals surface area contributed by atoms with E-state index >= 15 is 0 Å². The molecule has 6 nitrogen and oxygen atoms in total. The first-order chi connectivity index (χ1) is 9.10. The molecule has 1 fully saturated rings. The van der Waals surface area contributed by atoms with Crippen molar-refractivity contribution in [2.45, 2.75) is 6.92 Å². The van der Waals surface area contributed by atoms with Crippen LogP contribution >= 0.6 is 23.2 Å². The fourth-order valence-electron chi connectivity index (χ4n) is 1.82. The Bertz CT molecular complexity index is 444. The van der Waals surface area contributed by atoms with Gasteiger partial charge >= 0.3 is 6.09 Å². The second-order valence-corrected chi connectivity index (χ2v) is 4.76. The summed E-state index contributed by atoms with van der Waals surface area (Å²) in [6.45, 7) is 4.53. The van der Waals surface area contributed by atoms with Crippen molar-refractivity contribution in [3.63, 3.8) is 0 Å². The number of halogens is 2. The molecular weight excluding hydrogens is 291 g/mol. The molecule has 8 heteroatoms. The zero-order valence-electron chi connectivity index (χ0n) is 10.5. The van der Waals surface area contributed by atoms with Gasteiger partial charge in [-0.05, 0) is 6.92 Å². The number of amides is 1. The Morgan fingerprint density at radius 3 is 2.37 bits per heavy atom. The van der Waals surface area contributed by atoms with Crippen molar-refractivity contribution in [1.29, 1.82) is 0 Å². The van der Waals surface area contributed by atoms with Gasteiger partial charge in [0, 0.05) is 32.2 Å². The smallest absolute Gasteiger partial charge is 0.409 e. The summed E-state index contributed by atoms with van der Waals surface area (Å²) in [6, 6.07) is 1.49. The number of carbonyl (C=O) groups is 1. The average molecular weight is 305 g/mol. The van der Waals surface area contributed by atoms with Gasteiger partial charge in [0.2, 0.25) is 5.95 Å². The summed E-state index contributed by atoms with van der Waals surface area (Å²) < 4.78 is 4.96. The molecule has 1 saturated heterocycles. The number of aromatic nitrogens is 2. The Balaban J connectivity index is 1.97. The van der Waals surface area contributed by atoms with Gasteiger partial charge in [0.05, 0.1) is 6.61 Å². The van der Waals surface area contributed by atoms with E-state index in [0.29, 0.717) is 49.0 Å². The maximum Gasteiger partial charge on any atom is 0.409 e. The highest BCUT2D eigenvalue weighted by Gasteiger charge is 2.23. The summed E-state index contributed by atoms with van der Waals surface area (Å²) in [5.41, 5.74) is 0. The fraction of sp³-hybridized carbons (Fsp3) is 0.545. The summed E-state index contributed by atoms with van der Waals surface area (Å²) in [5.74, 6) is 0.487. The van der Waals surface area contributed by atoms with E-state index in [4.69, 9.17) is 27.9 Å². The molecule has 104 valence electrons. The van der Waals surface area contributed by atoms with E-state index in [1.54, 1.807) is 11.8 Å². The normalized spacial score (nSPS) is 15.5. The van der Waals surface area contributed by atoms with Crippen LogP contribution in [0.2, 0.25) is 10.3 Å². The first-order valence-corrected chi connectivity index (χ1v) is 6.72. The van der Waals surface area contributed by atoms with Gasteiger partial charge in [0.15, 0.2) is 0 Å². The highest BCUT2D eigenvalue weighted by Crippen LogP contribution is 2.18. The monoisotopic (exact) mass is 304 g/mol. The van der Waals surface area contributed by atoms with Crippen LogP contribution in [0.3, 0.4) is 0 Å². The van der Waals surface area contributed by atoms with Crippen LogP contribution < -0.4 is 4.90 Å². The van der Waals surface area contributed by atoms with Gasteiger partial charge in [-0.15, -0.1) is 0 Å². The number of ether oxygens (including phenoxy) is 1. The van der Waals surface area contributed by atoms with Crippen LogP contribution in [0, 0.1) is 0 Å². The lowest BCUT2D eigenvalue weighted by Crippen LogP contribution is -2.49. The number of hydrogen-bond acceptors (Lipinski definition) is 5. The summed E-state index contributed by atoms with van der Waals surface area (Å²) in [5, 5.41) is 0.616. The van der Waals surface area contributed by atoms with E-state index in [9.17, 15) is 4.79 Å². The van der Waals surface area contributed by atoms with Crippen molar-refractivity contribution in [1.82, 2.24) is 14.9 Å². The number of nitrogens with zero attached hydrogens (tertiary/aromatic N) is 4. The van der Waals surface area contributed by atoms with Crippen molar-refractivity contribution in [2.75, 3.05) is 37.7 Å². The quantitative estimate of drug-likeness (QED) is 0.783. The molecule has 1 aliphatic rings. The van der Waals surface area contributed by atoms with Crippen LogP contribution in [0.4, 0.5) is 10.7 Å². The zero-order chi connectivity index (χ0) is 13.8. The summed E-state index contributed by atoms with van der Waals surface area (Å²) in [6.07, 6.45) is -0.285. The number of carbonyl (C=O) groups excluding carboxylic acids is 1. The molecule has 2 rings (SSSR count). The topological polar surface area (TPSA) is 58.6 Å². The lowest BCUT2D eigenvalue weighted by molar-refractivity contribution is 0.105. The average Bonchev–Trinajstić information content (AvgIpc) is 2.38. The van der Waals surface area contributed by atoms with Crippen LogP contribution in [-0.2, 0) is 4.74 Å². The molecule has 0 spiro atoms. The van der Waals surface area contributed by atoms with Crippen LogP contribution in [-0.4, -0.2) is 53.7 Å². The fourth-order valence-corrected chi connectivity index (χ4v) is 2.24. The number of hydrogen-bond donors (Lipinski definition) is 0. The zero-order valence-corrected chi connectivity index (χ0v) is 12.0. The van der Waals surface area contributed by atoms with Crippen molar-refractivity contribution < 1.29 is 9.53 Å². The largest absolute Gasteiger partial charge is 0.450 e. The molecular formula is C11H14Cl2N4O2. The molecule has 0 saturated carbocycles. The lowest BCUT2D eigenvalue weighted by Gasteiger charge is -2.34. The number of piperazine rings is 1. The van der Waals surface area contributed by atoms with E-state index in [0.717, 1.165) is 0 Å². The maximum atomic E-state index is 11.6. The number of rotatable bonds is 2. The minimum atomic E-state index is -0.285. The SMILES string of the molecule is CCOC(=O)N1CCN(c2nc(Cl)cc(Cl)n2)CC1. The third-order valence-electron chi connectivity index (χ3n) is 2.74. The van der Waals surface area contributed by atoms with Crippen LogP contribution in [0.5, 0.6) is 0 Å². The molecule has 0 radical (unpaired) electrons. The van der Waals surface area contributed by atoms with E-state index < -0.39 is 0 Å². The van der Waals surface area contributed by atoms with E-state index in [1.165, 1.54) is 6.07 Å². The van der Waals surface area contributed by atoms with E-state index in [2.05, 4.69) is 9.97 Å². The predicted octanol–water partition coefficient (Wildman–Crippen LogP) is 2.06. The minimum Gasteiger partial charge on any atom is -0.450 e. The Hall–Kier alpha value is -1.27. The first kappa shape index (κ1) is 14.1. The Morgan fingerprint density at radius 1 is 1.26 bits per heavy atom. The lowest BCUT2D eigenvalue weighted by atomic mass is 10.3. The summed E-state index contributed by atoms with van der Waals surface area (Å²) in [4.78, 5) is 23.4. The van der Waals surface area contributed by atoms with Crippen LogP contribution in [0.15, 0.2) is 6.07 Å². The third kappa shape index (κ3) is 3.61. The van der Waals surface area contributed by atoms with E-state index in [-0.39, 0.29) is 6.09 Å². The molecule has 2 heterocycles. The van der Waals surface area contributed by atoms with Crippen molar-refractivity contribution >= 4 is 35.2 Å². The first-order valence-electron chi connectivity index (χ1n) is 5.97. The highest BCUT2D eigenvalue weighted by atomic mass is 35.5. The maximum absolute atomic E-state index is 11.6. The molecule has 0 bridgehead atoms. The Morgan fingerprint density at radius 2 is 1.84 bits per heavy atom. The molecule has 1 amide bonds. The van der Waals surface area contributed by atoms with Gasteiger partial charge in [0.1, 0.15) is 10.3 Å². The van der Waals surface area contributed by atoms with Gasteiger partial charge in [-0.1, -0.05) is 23.2 Å². The molecule has 0 aliphatic carbocycles. The minimum absolute atomic E-state index is 0.285. The van der Waals surface area contributed by atoms with Crippen molar-refractivity contribution in [3.05, 3.63) is 16.4 Å². The standard InChI is InChI=1S/C11H14Cl2N4O2/c1-2-19-11(18)17-5-3-16(4-6-17)10-14-8(12)7-9(13)15-10/h7H,2-6H2,1H3. The van der Waals surface area contributed by atoms with Gasteiger partial charge in [-0.2, -0.15) is 0 Å². The molecule has 19 heavy (non-hydrogen) atoms. The Labute approximate surface area is 121 Å². The van der Waals surface area contributed by atoms with Crippen LogP contribution in [0.25, 0.3) is 0 Å². The highest BCUT2D eigenvalue weighted by molar-refractivity contribution is 6.33. The molecule has 0 N–H and O–H groups in total. The van der Waals surface area contributed by atoms with Crippen molar-refractivity contribution in [2.24, 2.45) is 0 Å².